The lowest BCUT2D eigenvalue weighted by molar-refractivity contribution is 0.0791. The maximum Gasteiger partial charge on any atom is 0.265 e. The Morgan fingerprint density at radius 1 is 1.12 bits per heavy atom. The first-order chi connectivity index (χ1) is 12.8. The molecule has 3 heterocycles. The summed E-state index contributed by atoms with van der Waals surface area (Å²) in [6.45, 7) is 1.96. The Balaban J connectivity index is 1.53. The Labute approximate surface area is 156 Å². The predicted molar refractivity (Wildman–Crippen MR) is 103 cm³/mol. The molecule has 1 fully saturated rings. The van der Waals surface area contributed by atoms with Crippen LogP contribution in [0.1, 0.15) is 21.2 Å². The van der Waals surface area contributed by atoms with Gasteiger partial charge in [-0.05, 0) is 30.2 Å². The summed E-state index contributed by atoms with van der Waals surface area (Å²) in [4.78, 5) is 24.2. The molecule has 5 nitrogen and oxygen atoms in total. The summed E-state index contributed by atoms with van der Waals surface area (Å²) in [5, 5.41) is 0.767. The maximum absolute atomic E-state index is 13.0. The van der Waals surface area contributed by atoms with Gasteiger partial charge in [0.25, 0.3) is 5.91 Å². The van der Waals surface area contributed by atoms with Crippen molar-refractivity contribution in [1.82, 2.24) is 14.9 Å². The molecule has 2 N–H and O–H groups in total. The number of benzene rings is 1. The van der Waals surface area contributed by atoms with E-state index in [-0.39, 0.29) is 17.7 Å². The number of aromatic nitrogens is 2. The van der Waals surface area contributed by atoms with Crippen LogP contribution in [0.4, 0.5) is 0 Å². The second-order valence-electron chi connectivity index (χ2n) is 6.47. The fourth-order valence-corrected chi connectivity index (χ4v) is 4.35. The van der Waals surface area contributed by atoms with Crippen LogP contribution in [0.25, 0.3) is 10.7 Å². The number of carbonyl (C=O) groups excluding carboxylic acids is 1. The quantitative estimate of drug-likeness (QED) is 0.772. The summed E-state index contributed by atoms with van der Waals surface area (Å²) < 4.78 is 0. The van der Waals surface area contributed by atoms with Crippen molar-refractivity contribution in [2.75, 3.05) is 19.6 Å². The molecule has 1 aliphatic heterocycles. The van der Waals surface area contributed by atoms with Gasteiger partial charge in [0.05, 0.1) is 11.9 Å². The largest absolute Gasteiger partial charge is 0.337 e. The van der Waals surface area contributed by atoms with Gasteiger partial charge < -0.3 is 10.6 Å². The molecule has 0 radical (unpaired) electrons. The third kappa shape index (κ3) is 3.25. The van der Waals surface area contributed by atoms with Crippen LogP contribution in [-0.4, -0.2) is 40.4 Å². The number of rotatable bonds is 4. The van der Waals surface area contributed by atoms with E-state index in [1.807, 2.05) is 41.3 Å². The number of thiazole rings is 1. The molecule has 3 aromatic rings. The second kappa shape index (κ2) is 7.35. The van der Waals surface area contributed by atoms with Gasteiger partial charge in [0.1, 0.15) is 9.88 Å². The Hall–Kier alpha value is -2.57. The van der Waals surface area contributed by atoms with Crippen LogP contribution in [0.5, 0.6) is 0 Å². The Kier molecular flexibility index (Phi) is 4.77. The van der Waals surface area contributed by atoms with Crippen molar-refractivity contribution in [2.45, 2.75) is 5.92 Å². The molecule has 0 saturated carbocycles. The van der Waals surface area contributed by atoms with Gasteiger partial charge in [-0.3, -0.25) is 9.78 Å². The molecule has 2 aromatic heterocycles. The summed E-state index contributed by atoms with van der Waals surface area (Å²) in [6.07, 6.45) is 3.39. The fourth-order valence-electron chi connectivity index (χ4n) is 3.49. The first kappa shape index (κ1) is 16.9. The average molecular weight is 364 g/mol. The molecule has 6 heteroatoms. The normalized spacial score (nSPS) is 19.7. The standard InChI is InChI=1S/C20H20N4OS/c21-10-15-12-24(13-16(15)14-6-2-1-3-7-14)20(25)18-11-23-19(26-18)17-8-4-5-9-22-17/h1-9,11,15-16H,10,12-13,21H2/t15-,16+/m1/s1. The van der Waals surface area contributed by atoms with Crippen molar-refractivity contribution in [3.05, 3.63) is 71.4 Å². The predicted octanol–water partition coefficient (Wildman–Crippen LogP) is 3.02. The first-order valence-corrected chi connectivity index (χ1v) is 9.49. The van der Waals surface area contributed by atoms with Crippen LogP contribution in [0, 0.1) is 5.92 Å². The summed E-state index contributed by atoms with van der Waals surface area (Å²) in [5.41, 5.74) is 8.03. The topological polar surface area (TPSA) is 72.1 Å². The molecule has 1 aliphatic rings. The Bertz CT molecular complexity index is 881. The molecule has 4 rings (SSSR count). The molecule has 0 unspecified atom stereocenters. The highest BCUT2D eigenvalue weighted by Gasteiger charge is 2.36. The lowest BCUT2D eigenvalue weighted by Crippen LogP contribution is -2.29. The van der Waals surface area contributed by atoms with E-state index in [0.29, 0.717) is 24.5 Å². The third-order valence-corrected chi connectivity index (χ3v) is 5.87. The summed E-state index contributed by atoms with van der Waals surface area (Å²) in [6, 6.07) is 16.0. The minimum Gasteiger partial charge on any atom is -0.337 e. The fraction of sp³-hybridized carbons (Fsp3) is 0.250. The van der Waals surface area contributed by atoms with E-state index in [2.05, 4.69) is 22.1 Å². The van der Waals surface area contributed by atoms with Gasteiger partial charge in [-0.15, -0.1) is 11.3 Å². The molecule has 1 saturated heterocycles. The van der Waals surface area contributed by atoms with Gasteiger partial charge in [-0.2, -0.15) is 0 Å². The van der Waals surface area contributed by atoms with E-state index in [1.54, 1.807) is 12.4 Å². The van der Waals surface area contributed by atoms with Crippen LogP contribution in [-0.2, 0) is 0 Å². The van der Waals surface area contributed by atoms with Crippen LogP contribution in [0.3, 0.4) is 0 Å². The van der Waals surface area contributed by atoms with Gasteiger partial charge in [0, 0.05) is 25.2 Å². The van der Waals surface area contributed by atoms with Gasteiger partial charge in [-0.1, -0.05) is 36.4 Å². The zero-order valence-corrected chi connectivity index (χ0v) is 15.1. The van der Waals surface area contributed by atoms with E-state index in [1.165, 1.54) is 16.9 Å². The zero-order valence-electron chi connectivity index (χ0n) is 14.3. The number of hydrogen-bond acceptors (Lipinski definition) is 5. The molecule has 132 valence electrons. The number of pyridine rings is 1. The second-order valence-corrected chi connectivity index (χ2v) is 7.50. The molecule has 26 heavy (non-hydrogen) atoms. The molecular formula is C20H20N4OS. The SMILES string of the molecule is NC[C@@H]1CN(C(=O)c2cnc(-c3ccccn3)s2)C[C@H]1c1ccccc1. The molecule has 0 spiro atoms. The number of nitrogens with zero attached hydrogens (tertiary/aromatic N) is 3. The van der Waals surface area contributed by atoms with Crippen molar-refractivity contribution in [3.63, 3.8) is 0 Å². The number of hydrogen-bond donors (Lipinski definition) is 1. The highest BCUT2D eigenvalue weighted by Crippen LogP contribution is 2.34. The van der Waals surface area contributed by atoms with E-state index in [9.17, 15) is 4.79 Å². The molecule has 0 aliphatic carbocycles. The molecule has 1 aromatic carbocycles. The minimum atomic E-state index is 0.0292. The Morgan fingerprint density at radius 2 is 1.92 bits per heavy atom. The van der Waals surface area contributed by atoms with Gasteiger partial charge in [0.2, 0.25) is 0 Å². The number of nitrogens with two attached hydrogens (primary N) is 1. The van der Waals surface area contributed by atoms with Gasteiger partial charge in [-0.25, -0.2) is 4.98 Å². The monoisotopic (exact) mass is 364 g/mol. The minimum absolute atomic E-state index is 0.0292. The van der Waals surface area contributed by atoms with E-state index >= 15 is 0 Å². The van der Waals surface area contributed by atoms with Gasteiger partial charge in [0.15, 0.2) is 0 Å². The summed E-state index contributed by atoms with van der Waals surface area (Å²) in [7, 11) is 0. The third-order valence-electron chi connectivity index (χ3n) is 4.86. The number of likely N-dealkylation sites (tertiary alicyclic amines) is 1. The molecule has 1 amide bonds. The molecule has 2 atom stereocenters. The van der Waals surface area contributed by atoms with Crippen LogP contribution in [0.15, 0.2) is 60.9 Å². The van der Waals surface area contributed by atoms with Crippen LogP contribution < -0.4 is 5.73 Å². The Morgan fingerprint density at radius 3 is 2.65 bits per heavy atom. The number of amides is 1. The van der Waals surface area contributed by atoms with Crippen molar-refractivity contribution in [1.29, 1.82) is 0 Å². The number of carbonyl (C=O) groups is 1. The van der Waals surface area contributed by atoms with Crippen molar-refractivity contribution < 1.29 is 4.79 Å². The van der Waals surface area contributed by atoms with Gasteiger partial charge >= 0.3 is 0 Å². The van der Waals surface area contributed by atoms with Crippen molar-refractivity contribution in [3.8, 4) is 10.7 Å². The van der Waals surface area contributed by atoms with E-state index in [0.717, 1.165) is 10.7 Å². The summed E-state index contributed by atoms with van der Waals surface area (Å²) >= 11 is 1.39. The zero-order chi connectivity index (χ0) is 17.9. The van der Waals surface area contributed by atoms with E-state index in [4.69, 9.17) is 5.73 Å². The first-order valence-electron chi connectivity index (χ1n) is 8.68. The highest BCUT2D eigenvalue weighted by atomic mass is 32.1. The van der Waals surface area contributed by atoms with Crippen LogP contribution in [0.2, 0.25) is 0 Å². The molecular weight excluding hydrogens is 344 g/mol. The molecule has 0 bridgehead atoms. The lowest BCUT2D eigenvalue weighted by atomic mass is 9.89. The van der Waals surface area contributed by atoms with E-state index < -0.39 is 0 Å². The highest BCUT2D eigenvalue weighted by molar-refractivity contribution is 7.16. The van der Waals surface area contributed by atoms with Crippen molar-refractivity contribution >= 4 is 17.2 Å². The lowest BCUT2D eigenvalue weighted by Gasteiger charge is -2.16. The maximum atomic E-state index is 13.0. The van der Waals surface area contributed by atoms with Crippen molar-refractivity contribution in [2.24, 2.45) is 11.7 Å². The smallest absolute Gasteiger partial charge is 0.265 e. The average Bonchev–Trinajstić information content (AvgIpc) is 3.36. The summed E-state index contributed by atoms with van der Waals surface area (Å²) in [5.74, 6) is 0.597. The van der Waals surface area contributed by atoms with Crippen LogP contribution >= 0.6 is 11.3 Å².